The fraction of sp³-hybridized carbons (Fsp3) is 0.200. The molecule has 1 nitrogen and oxygen atoms in total. The van der Waals surface area contributed by atoms with Crippen molar-refractivity contribution in [1.82, 2.24) is 0 Å². The lowest BCUT2D eigenvalue weighted by molar-refractivity contribution is 1.28. The third-order valence-electron chi connectivity index (χ3n) is 2.08. The molecule has 2 atom stereocenters. The smallest absolute Gasteiger partial charge is 0.0939 e. The van der Waals surface area contributed by atoms with E-state index >= 15 is 0 Å². The summed E-state index contributed by atoms with van der Waals surface area (Å²) < 4.78 is 8.18. The summed E-state index contributed by atoms with van der Waals surface area (Å²) in [5, 5.41) is 4.04. The molecule has 0 aliphatic carbocycles. The van der Waals surface area contributed by atoms with Gasteiger partial charge < -0.3 is 0 Å². The fourth-order valence-corrected chi connectivity index (χ4v) is 4.19. The summed E-state index contributed by atoms with van der Waals surface area (Å²) in [5.41, 5.74) is 2.62. The van der Waals surface area contributed by atoms with Crippen LogP contribution >= 0.6 is 11.8 Å². The van der Waals surface area contributed by atoms with Crippen molar-refractivity contribution in [1.29, 1.82) is 4.78 Å². The second-order valence-corrected chi connectivity index (χ2v) is 5.77. The van der Waals surface area contributed by atoms with Crippen molar-refractivity contribution in [2.24, 2.45) is 0 Å². The minimum atomic E-state index is -0.339. The van der Waals surface area contributed by atoms with Gasteiger partial charge in [-0.15, -0.1) is 11.8 Å². The molecule has 0 saturated heterocycles. The summed E-state index contributed by atoms with van der Waals surface area (Å²) in [6.45, 7) is 2.12. The Kier molecular flexibility index (Phi) is 2.56. The number of aryl methyl sites for hydroxylation is 1. The van der Waals surface area contributed by atoms with Crippen LogP contribution in [0.2, 0.25) is 0 Å². The normalized spacial score (nSPS) is 26.5. The molecule has 1 heterocycles. The molecule has 0 amide bonds. The predicted molar refractivity (Wildman–Crippen MR) is 60.7 cm³/mol. The van der Waals surface area contributed by atoms with Gasteiger partial charge in [-0.1, -0.05) is 35.0 Å². The van der Waals surface area contributed by atoms with Crippen LogP contribution in [0.4, 0.5) is 0 Å². The van der Waals surface area contributed by atoms with Crippen LogP contribution in [-0.4, -0.2) is 0 Å². The molecule has 1 aliphatic heterocycles. The van der Waals surface area contributed by atoms with Gasteiger partial charge in [-0.05, 0) is 28.9 Å². The van der Waals surface area contributed by atoms with Crippen LogP contribution in [0.5, 0.6) is 0 Å². The maximum absolute atomic E-state index is 7.84. The fourth-order valence-electron chi connectivity index (χ4n) is 1.36. The molecular weight excluding hydrogens is 198 g/mol. The highest BCUT2D eigenvalue weighted by Crippen LogP contribution is 2.40. The Morgan fingerprint density at radius 2 is 2.15 bits per heavy atom. The van der Waals surface area contributed by atoms with Crippen LogP contribution in [0.3, 0.4) is 0 Å². The Morgan fingerprint density at radius 1 is 1.38 bits per heavy atom. The molecule has 1 aliphatic rings. The van der Waals surface area contributed by atoms with E-state index in [2.05, 4.69) is 25.1 Å². The highest BCUT2D eigenvalue weighted by Gasteiger charge is 2.19. The molecule has 1 aromatic carbocycles. The maximum Gasteiger partial charge on any atom is 0.0939 e. The molecule has 68 valence electrons. The molecule has 2 unspecified atom stereocenters. The molecule has 3 heteroatoms. The first kappa shape index (κ1) is 9.03. The van der Waals surface area contributed by atoms with E-state index in [9.17, 15) is 0 Å². The molecule has 0 bridgehead atoms. The molecule has 0 spiro atoms. The topological polar surface area (TPSA) is 23.9 Å². The average molecular weight is 209 g/mol. The van der Waals surface area contributed by atoms with Crippen LogP contribution in [0, 0.1) is 11.7 Å². The first-order valence-corrected chi connectivity index (χ1v) is 6.39. The number of hydrogen-bond acceptors (Lipinski definition) is 2. The van der Waals surface area contributed by atoms with Crippen molar-refractivity contribution in [3.05, 3.63) is 46.2 Å². The zero-order chi connectivity index (χ0) is 9.26. The maximum atomic E-state index is 7.84. The van der Waals surface area contributed by atoms with E-state index in [1.165, 1.54) is 11.1 Å². The highest BCUT2D eigenvalue weighted by molar-refractivity contribution is 8.16. The molecule has 0 fully saturated rings. The lowest BCUT2D eigenvalue weighted by Gasteiger charge is -2.12. The van der Waals surface area contributed by atoms with Crippen LogP contribution in [-0.2, 0) is 10.7 Å². The Morgan fingerprint density at radius 3 is 2.77 bits per heavy atom. The van der Waals surface area contributed by atoms with E-state index in [1.807, 2.05) is 16.9 Å². The van der Waals surface area contributed by atoms with Gasteiger partial charge in [0.05, 0.1) is 4.58 Å². The predicted octanol–water partition coefficient (Wildman–Crippen LogP) is 3.59. The summed E-state index contributed by atoms with van der Waals surface area (Å²) in [5.74, 6) is 0. The number of nitrogens with one attached hydrogen (secondary N) is 1. The van der Waals surface area contributed by atoms with Crippen molar-refractivity contribution < 1.29 is 0 Å². The van der Waals surface area contributed by atoms with Gasteiger partial charge in [0.15, 0.2) is 0 Å². The quantitative estimate of drug-likeness (QED) is 0.750. The Balaban J connectivity index is 2.36. The van der Waals surface area contributed by atoms with E-state index in [4.69, 9.17) is 4.78 Å². The monoisotopic (exact) mass is 209 g/mol. The van der Waals surface area contributed by atoms with E-state index in [1.54, 1.807) is 11.8 Å². The van der Waals surface area contributed by atoms with Crippen molar-refractivity contribution in [2.45, 2.75) is 11.5 Å². The summed E-state index contributed by atoms with van der Waals surface area (Å²) in [6, 6.07) is 8.35. The van der Waals surface area contributed by atoms with Crippen LogP contribution in [0.25, 0.3) is 0 Å². The van der Waals surface area contributed by atoms with Crippen molar-refractivity contribution in [3.63, 3.8) is 0 Å². The standard InChI is InChI=1S/C10H11NS2/c1-8-4-2-3-5-9(8)10-12-6-7-13(10)11/h2-7,10-11H,1H3. The molecule has 1 aromatic rings. The lowest BCUT2D eigenvalue weighted by Crippen LogP contribution is -1.96. The zero-order valence-corrected chi connectivity index (χ0v) is 8.99. The van der Waals surface area contributed by atoms with E-state index < -0.39 is 0 Å². The molecule has 1 N–H and O–H groups in total. The number of thioether (sulfide) groups is 1. The third-order valence-corrected chi connectivity index (χ3v) is 5.14. The van der Waals surface area contributed by atoms with E-state index in [0.29, 0.717) is 4.58 Å². The van der Waals surface area contributed by atoms with Crippen LogP contribution < -0.4 is 0 Å². The van der Waals surface area contributed by atoms with Gasteiger partial charge in [-0.3, -0.25) is 4.78 Å². The zero-order valence-electron chi connectivity index (χ0n) is 7.36. The summed E-state index contributed by atoms with van der Waals surface area (Å²) in [7, 11) is -0.339. The van der Waals surface area contributed by atoms with Gasteiger partial charge in [0.1, 0.15) is 0 Å². The van der Waals surface area contributed by atoms with Crippen molar-refractivity contribution in [3.8, 4) is 0 Å². The van der Waals surface area contributed by atoms with Gasteiger partial charge in [-0.2, -0.15) is 0 Å². The van der Waals surface area contributed by atoms with Crippen LogP contribution in [0.15, 0.2) is 35.1 Å². The van der Waals surface area contributed by atoms with Gasteiger partial charge in [-0.25, -0.2) is 0 Å². The molecule has 13 heavy (non-hydrogen) atoms. The largest absolute Gasteiger partial charge is 0.275 e. The number of hydrogen-bond donors (Lipinski definition) is 1. The molecule has 0 aromatic heterocycles. The second-order valence-electron chi connectivity index (χ2n) is 2.97. The Hall–Kier alpha value is -0.540. The van der Waals surface area contributed by atoms with Crippen molar-refractivity contribution in [2.75, 3.05) is 0 Å². The minimum absolute atomic E-state index is 0.334. The Labute approximate surface area is 85.1 Å². The van der Waals surface area contributed by atoms with Crippen LogP contribution in [0.1, 0.15) is 15.7 Å². The van der Waals surface area contributed by atoms with E-state index in [0.717, 1.165) is 0 Å². The summed E-state index contributed by atoms with van der Waals surface area (Å²) >= 11 is 1.76. The van der Waals surface area contributed by atoms with Gasteiger partial charge in [0, 0.05) is 0 Å². The summed E-state index contributed by atoms with van der Waals surface area (Å²) in [6.07, 6.45) is 0. The first-order chi connectivity index (χ1) is 6.29. The average Bonchev–Trinajstić information content (AvgIpc) is 2.52. The van der Waals surface area contributed by atoms with Gasteiger partial charge in [0.25, 0.3) is 0 Å². The number of rotatable bonds is 1. The summed E-state index contributed by atoms with van der Waals surface area (Å²) in [4.78, 5) is 0. The van der Waals surface area contributed by atoms with Crippen molar-refractivity contribution >= 4 is 22.5 Å². The second kappa shape index (κ2) is 3.68. The van der Waals surface area contributed by atoms with E-state index in [-0.39, 0.29) is 10.7 Å². The third kappa shape index (κ3) is 1.71. The molecule has 2 rings (SSSR count). The minimum Gasteiger partial charge on any atom is -0.275 e. The molecule has 0 saturated carbocycles. The van der Waals surface area contributed by atoms with Gasteiger partial charge in [0.2, 0.25) is 0 Å². The molecule has 0 radical (unpaired) electrons. The SMILES string of the molecule is Cc1ccccc1C1SC=CS1=N. The highest BCUT2D eigenvalue weighted by atomic mass is 32.2. The lowest BCUT2D eigenvalue weighted by atomic mass is 10.1. The van der Waals surface area contributed by atoms with Gasteiger partial charge >= 0.3 is 0 Å². The molecular formula is C10H11NS2. The Bertz CT molecular complexity index is 371. The number of benzene rings is 1. The first-order valence-electron chi connectivity index (χ1n) is 4.10.